The minimum absolute atomic E-state index is 0.0267. The molecule has 3 aromatic rings. The SMILES string of the molecule is COc1cc(CO)ccc1OCc1ccc(OCc2ccccc2)cc1. The average Bonchev–Trinajstić information content (AvgIpc) is 2.72. The van der Waals surface area contributed by atoms with Crippen molar-refractivity contribution >= 4 is 0 Å². The fourth-order valence-electron chi connectivity index (χ4n) is 2.51. The molecule has 0 saturated heterocycles. The van der Waals surface area contributed by atoms with Gasteiger partial charge in [-0.2, -0.15) is 0 Å². The zero-order valence-corrected chi connectivity index (χ0v) is 14.7. The maximum absolute atomic E-state index is 9.19. The lowest BCUT2D eigenvalue weighted by atomic mass is 10.2. The molecule has 0 aliphatic heterocycles. The van der Waals surface area contributed by atoms with E-state index in [9.17, 15) is 5.11 Å². The van der Waals surface area contributed by atoms with E-state index < -0.39 is 0 Å². The third kappa shape index (κ3) is 4.77. The summed E-state index contributed by atoms with van der Waals surface area (Å²) in [6.45, 7) is 0.944. The van der Waals surface area contributed by atoms with Gasteiger partial charge in [-0.05, 0) is 41.0 Å². The third-order valence-corrected chi connectivity index (χ3v) is 3.98. The molecule has 4 heteroatoms. The van der Waals surface area contributed by atoms with Crippen LogP contribution in [0.3, 0.4) is 0 Å². The van der Waals surface area contributed by atoms with Crippen LogP contribution in [0, 0.1) is 0 Å². The summed E-state index contributed by atoms with van der Waals surface area (Å²) in [5.74, 6) is 2.08. The Balaban J connectivity index is 1.56. The molecular formula is C22H22O4. The summed E-state index contributed by atoms with van der Waals surface area (Å²) in [4.78, 5) is 0. The normalized spacial score (nSPS) is 10.4. The van der Waals surface area contributed by atoms with E-state index in [1.165, 1.54) is 0 Å². The molecule has 3 rings (SSSR count). The molecule has 1 N–H and O–H groups in total. The monoisotopic (exact) mass is 350 g/mol. The summed E-state index contributed by atoms with van der Waals surface area (Å²) >= 11 is 0. The molecule has 0 saturated carbocycles. The van der Waals surface area contributed by atoms with Crippen LogP contribution in [0.2, 0.25) is 0 Å². The number of aliphatic hydroxyl groups is 1. The molecule has 0 radical (unpaired) electrons. The second kappa shape index (κ2) is 8.92. The molecule has 0 spiro atoms. The highest BCUT2D eigenvalue weighted by atomic mass is 16.5. The van der Waals surface area contributed by atoms with E-state index in [1.807, 2.05) is 66.7 Å². The van der Waals surface area contributed by atoms with Gasteiger partial charge in [0, 0.05) is 0 Å². The van der Waals surface area contributed by atoms with E-state index in [-0.39, 0.29) is 6.61 Å². The van der Waals surface area contributed by atoms with E-state index in [1.54, 1.807) is 13.2 Å². The van der Waals surface area contributed by atoms with E-state index in [0.29, 0.717) is 24.7 Å². The summed E-state index contributed by atoms with van der Waals surface area (Å²) < 4.78 is 16.9. The molecule has 0 aliphatic rings. The van der Waals surface area contributed by atoms with Crippen molar-refractivity contribution in [3.05, 3.63) is 89.5 Å². The van der Waals surface area contributed by atoms with Crippen LogP contribution in [-0.4, -0.2) is 12.2 Å². The largest absolute Gasteiger partial charge is 0.493 e. The maximum Gasteiger partial charge on any atom is 0.161 e. The summed E-state index contributed by atoms with van der Waals surface area (Å²) in [6, 6.07) is 23.3. The predicted molar refractivity (Wildman–Crippen MR) is 100 cm³/mol. The van der Waals surface area contributed by atoms with Crippen molar-refractivity contribution in [2.45, 2.75) is 19.8 Å². The molecule has 0 aliphatic carbocycles. The number of aliphatic hydroxyl groups excluding tert-OH is 1. The number of benzene rings is 3. The van der Waals surface area contributed by atoms with Crippen LogP contribution < -0.4 is 14.2 Å². The lowest BCUT2D eigenvalue weighted by Crippen LogP contribution is -1.99. The van der Waals surface area contributed by atoms with Crippen LogP contribution in [0.1, 0.15) is 16.7 Å². The first-order chi connectivity index (χ1) is 12.8. The molecule has 0 atom stereocenters. The van der Waals surface area contributed by atoms with Crippen LogP contribution in [0.5, 0.6) is 17.2 Å². The highest BCUT2D eigenvalue weighted by molar-refractivity contribution is 5.43. The summed E-state index contributed by atoms with van der Waals surface area (Å²) in [5, 5.41) is 9.19. The quantitative estimate of drug-likeness (QED) is 0.656. The Morgan fingerprint density at radius 3 is 2.04 bits per heavy atom. The first kappa shape index (κ1) is 17.8. The van der Waals surface area contributed by atoms with Crippen LogP contribution in [0.25, 0.3) is 0 Å². The summed E-state index contributed by atoms with van der Waals surface area (Å²) in [6.07, 6.45) is 0. The van der Waals surface area contributed by atoms with Crippen LogP contribution >= 0.6 is 0 Å². The smallest absolute Gasteiger partial charge is 0.161 e. The summed E-state index contributed by atoms with van der Waals surface area (Å²) in [5.41, 5.74) is 2.96. The van der Waals surface area contributed by atoms with Crippen molar-refractivity contribution < 1.29 is 19.3 Å². The van der Waals surface area contributed by atoms with Gasteiger partial charge in [0.15, 0.2) is 11.5 Å². The van der Waals surface area contributed by atoms with E-state index in [0.717, 1.165) is 22.4 Å². The molecule has 0 amide bonds. The molecule has 134 valence electrons. The lowest BCUT2D eigenvalue weighted by Gasteiger charge is -2.12. The first-order valence-corrected chi connectivity index (χ1v) is 8.44. The van der Waals surface area contributed by atoms with E-state index in [4.69, 9.17) is 14.2 Å². The third-order valence-electron chi connectivity index (χ3n) is 3.98. The van der Waals surface area contributed by atoms with Gasteiger partial charge < -0.3 is 19.3 Å². The highest BCUT2D eigenvalue weighted by Gasteiger charge is 2.06. The molecule has 0 fully saturated rings. The zero-order chi connectivity index (χ0) is 18.2. The molecule has 0 bridgehead atoms. The summed E-state index contributed by atoms with van der Waals surface area (Å²) in [7, 11) is 1.59. The van der Waals surface area contributed by atoms with Crippen molar-refractivity contribution in [1.82, 2.24) is 0 Å². The van der Waals surface area contributed by atoms with Gasteiger partial charge in [0.2, 0.25) is 0 Å². The minimum Gasteiger partial charge on any atom is -0.493 e. The van der Waals surface area contributed by atoms with Crippen LogP contribution in [0.4, 0.5) is 0 Å². The average molecular weight is 350 g/mol. The fourth-order valence-corrected chi connectivity index (χ4v) is 2.51. The highest BCUT2D eigenvalue weighted by Crippen LogP contribution is 2.29. The lowest BCUT2D eigenvalue weighted by molar-refractivity contribution is 0.274. The van der Waals surface area contributed by atoms with E-state index in [2.05, 4.69) is 0 Å². The van der Waals surface area contributed by atoms with Gasteiger partial charge in [-0.3, -0.25) is 0 Å². The molecule has 0 heterocycles. The number of methoxy groups -OCH3 is 1. The first-order valence-electron chi connectivity index (χ1n) is 8.44. The number of hydrogen-bond acceptors (Lipinski definition) is 4. The van der Waals surface area contributed by atoms with Gasteiger partial charge in [0.25, 0.3) is 0 Å². The standard InChI is InChI=1S/C22H22O4/c1-24-22-13-19(14-23)9-12-21(22)26-16-18-7-10-20(11-8-18)25-15-17-5-3-2-4-6-17/h2-13,23H,14-16H2,1H3. The Morgan fingerprint density at radius 1 is 0.692 bits per heavy atom. The van der Waals surface area contributed by atoms with Gasteiger partial charge in [-0.25, -0.2) is 0 Å². The second-order valence-electron chi connectivity index (χ2n) is 5.85. The predicted octanol–water partition coefficient (Wildman–Crippen LogP) is 4.35. The Kier molecular flexibility index (Phi) is 6.12. The Bertz CT molecular complexity index is 813. The van der Waals surface area contributed by atoms with Crippen molar-refractivity contribution in [3.8, 4) is 17.2 Å². The van der Waals surface area contributed by atoms with Crippen molar-refractivity contribution in [3.63, 3.8) is 0 Å². The Labute approximate surface area is 153 Å². The second-order valence-corrected chi connectivity index (χ2v) is 5.85. The molecule has 0 aromatic heterocycles. The van der Waals surface area contributed by atoms with Crippen molar-refractivity contribution in [2.24, 2.45) is 0 Å². The molecule has 0 unspecified atom stereocenters. The molecular weight excluding hydrogens is 328 g/mol. The zero-order valence-electron chi connectivity index (χ0n) is 14.7. The number of hydrogen-bond donors (Lipinski definition) is 1. The molecule has 26 heavy (non-hydrogen) atoms. The van der Waals surface area contributed by atoms with Gasteiger partial charge in [0.1, 0.15) is 19.0 Å². The maximum atomic E-state index is 9.19. The van der Waals surface area contributed by atoms with Gasteiger partial charge in [0.05, 0.1) is 13.7 Å². The van der Waals surface area contributed by atoms with Crippen LogP contribution in [0.15, 0.2) is 72.8 Å². The van der Waals surface area contributed by atoms with Crippen LogP contribution in [-0.2, 0) is 19.8 Å². The minimum atomic E-state index is -0.0267. The van der Waals surface area contributed by atoms with Gasteiger partial charge >= 0.3 is 0 Å². The van der Waals surface area contributed by atoms with Crippen molar-refractivity contribution in [2.75, 3.05) is 7.11 Å². The Hall–Kier alpha value is -2.98. The Morgan fingerprint density at radius 2 is 1.35 bits per heavy atom. The van der Waals surface area contributed by atoms with E-state index >= 15 is 0 Å². The number of ether oxygens (including phenoxy) is 3. The van der Waals surface area contributed by atoms with Crippen molar-refractivity contribution in [1.29, 1.82) is 0 Å². The fraction of sp³-hybridized carbons (Fsp3) is 0.182. The van der Waals surface area contributed by atoms with Gasteiger partial charge in [-0.15, -0.1) is 0 Å². The topological polar surface area (TPSA) is 47.9 Å². The van der Waals surface area contributed by atoms with Gasteiger partial charge in [-0.1, -0.05) is 48.5 Å². The molecule has 4 nitrogen and oxygen atoms in total. The molecule has 3 aromatic carbocycles. The number of rotatable bonds is 8.